The first-order valence-corrected chi connectivity index (χ1v) is 6.83. The number of ketones is 1. The highest BCUT2D eigenvalue weighted by atomic mass is 16.6. The van der Waals surface area contributed by atoms with Crippen molar-refractivity contribution in [1.29, 1.82) is 0 Å². The third-order valence-electron chi connectivity index (χ3n) is 4.03. The lowest BCUT2D eigenvalue weighted by Gasteiger charge is -2.11. The second-order valence-electron chi connectivity index (χ2n) is 5.98. The normalized spacial score (nSPS) is 19.3. The molecule has 1 atom stereocenters. The summed E-state index contributed by atoms with van der Waals surface area (Å²) in [6, 6.07) is 3.46. The van der Waals surface area contributed by atoms with Crippen molar-refractivity contribution in [2.75, 3.05) is 0 Å². The lowest BCUT2D eigenvalue weighted by molar-refractivity contribution is 0.0970. The SMILES string of the molecule is CC1(C)O[C@H]1CC(=O)c1cc(O)c2c(O)ccc(O)c2c1O. The van der Waals surface area contributed by atoms with Gasteiger partial charge >= 0.3 is 0 Å². The molecule has 0 radical (unpaired) electrons. The van der Waals surface area contributed by atoms with Crippen molar-refractivity contribution in [3.05, 3.63) is 23.8 Å². The van der Waals surface area contributed by atoms with Crippen LogP contribution in [0.5, 0.6) is 23.0 Å². The number of fused-ring (bicyclic) bond motifs is 1. The maximum Gasteiger partial charge on any atom is 0.169 e. The number of hydrogen-bond acceptors (Lipinski definition) is 6. The van der Waals surface area contributed by atoms with Gasteiger partial charge in [-0.1, -0.05) is 0 Å². The van der Waals surface area contributed by atoms with Gasteiger partial charge < -0.3 is 25.2 Å². The van der Waals surface area contributed by atoms with E-state index >= 15 is 0 Å². The van der Waals surface area contributed by atoms with E-state index in [4.69, 9.17) is 4.74 Å². The molecule has 0 aliphatic carbocycles. The Labute approximate surface area is 126 Å². The topological polar surface area (TPSA) is 111 Å². The minimum absolute atomic E-state index is 0.0606. The van der Waals surface area contributed by atoms with Crippen LogP contribution in [0.25, 0.3) is 10.8 Å². The van der Waals surface area contributed by atoms with Crippen LogP contribution in [0.2, 0.25) is 0 Å². The summed E-state index contributed by atoms with van der Waals surface area (Å²) >= 11 is 0. The van der Waals surface area contributed by atoms with Crippen molar-refractivity contribution >= 4 is 16.6 Å². The fourth-order valence-electron chi connectivity index (χ4n) is 2.60. The molecular formula is C16H16O6. The van der Waals surface area contributed by atoms with E-state index in [-0.39, 0.29) is 51.7 Å². The Morgan fingerprint density at radius 1 is 1.09 bits per heavy atom. The highest BCUT2D eigenvalue weighted by Crippen LogP contribution is 2.46. The predicted octanol–water partition coefficient (Wildman–Crippen LogP) is 2.41. The molecule has 1 aliphatic heterocycles. The smallest absolute Gasteiger partial charge is 0.169 e. The molecule has 4 N–H and O–H groups in total. The molecule has 0 unspecified atom stereocenters. The van der Waals surface area contributed by atoms with Crippen molar-refractivity contribution in [3.63, 3.8) is 0 Å². The third-order valence-corrected chi connectivity index (χ3v) is 4.03. The summed E-state index contributed by atoms with van der Waals surface area (Å²) in [6.07, 6.45) is -0.180. The van der Waals surface area contributed by atoms with E-state index in [0.29, 0.717) is 0 Å². The van der Waals surface area contributed by atoms with E-state index in [9.17, 15) is 25.2 Å². The lowest BCUT2D eigenvalue weighted by Crippen LogP contribution is -2.10. The van der Waals surface area contributed by atoms with E-state index in [0.717, 1.165) is 6.07 Å². The molecule has 3 rings (SSSR count). The number of Topliss-reactive ketones (excluding diaryl/α,β-unsaturated/α-hetero) is 1. The molecule has 2 aromatic rings. The highest BCUT2D eigenvalue weighted by molar-refractivity contribution is 6.10. The first kappa shape index (κ1) is 14.5. The molecule has 116 valence electrons. The van der Waals surface area contributed by atoms with E-state index in [1.165, 1.54) is 12.1 Å². The third kappa shape index (κ3) is 2.12. The number of ether oxygens (including phenoxy) is 1. The number of epoxide rings is 1. The molecule has 0 spiro atoms. The zero-order valence-corrected chi connectivity index (χ0v) is 12.1. The van der Waals surface area contributed by atoms with Gasteiger partial charge in [-0.2, -0.15) is 0 Å². The number of aromatic hydroxyl groups is 4. The molecule has 1 fully saturated rings. The van der Waals surface area contributed by atoms with Crippen molar-refractivity contribution in [2.45, 2.75) is 32.0 Å². The summed E-state index contributed by atoms with van der Waals surface area (Å²) in [5.74, 6) is -1.90. The van der Waals surface area contributed by atoms with Crippen LogP contribution in [0.4, 0.5) is 0 Å². The zero-order valence-electron chi connectivity index (χ0n) is 12.1. The summed E-state index contributed by atoms with van der Waals surface area (Å²) in [7, 11) is 0. The number of benzene rings is 2. The van der Waals surface area contributed by atoms with Gasteiger partial charge in [0.05, 0.1) is 28.0 Å². The Hall–Kier alpha value is -2.47. The molecule has 2 aromatic carbocycles. The molecule has 0 aromatic heterocycles. The number of phenolic OH excluding ortho intramolecular Hbond substituents is 4. The molecular weight excluding hydrogens is 288 g/mol. The van der Waals surface area contributed by atoms with Gasteiger partial charge in [-0.25, -0.2) is 0 Å². The minimum atomic E-state index is -0.468. The summed E-state index contributed by atoms with van der Waals surface area (Å²) in [4.78, 5) is 12.3. The molecule has 1 heterocycles. The van der Waals surface area contributed by atoms with Gasteiger partial charge in [-0.15, -0.1) is 0 Å². The van der Waals surface area contributed by atoms with Gasteiger partial charge in [0.2, 0.25) is 0 Å². The number of carbonyl (C=O) groups excluding carboxylic acids is 1. The quantitative estimate of drug-likeness (QED) is 0.394. The lowest BCUT2D eigenvalue weighted by atomic mass is 9.96. The van der Waals surface area contributed by atoms with Gasteiger partial charge in [0, 0.05) is 6.42 Å². The Kier molecular flexibility index (Phi) is 2.97. The Morgan fingerprint density at radius 3 is 2.18 bits per heavy atom. The van der Waals surface area contributed by atoms with Crippen LogP contribution < -0.4 is 0 Å². The predicted molar refractivity (Wildman–Crippen MR) is 78.5 cm³/mol. The molecule has 0 saturated carbocycles. The second kappa shape index (κ2) is 4.51. The number of hydrogen-bond donors (Lipinski definition) is 4. The van der Waals surface area contributed by atoms with E-state index in [2.05, 4.69) is 0 Å². The highest BCUT2D eigenvalue weighted by Gasteiger charge is 2.48. The average Bonchev–Trinajstić information content (AvgIpc) is 3.03. The number of carbonyl (C=O) groups is 1. The molecule has 6 nitrogen and oxygen atoms in total. The zero-order chi connectivity index (χ0) is 16.2. The van der Waals surface area contributed by atoms with Crippen molar-refractivity contribution in [3.8, 4) is 23.0 Å². The van der Waals surface area contributed by atoms with Crippen LogP contribution in [-0.2, 0) is 4.74 Å². The van der Waals surface area contributed by atoms with E-state index < -0.39 is 11.5 Å². The summed E-state index contributed by atoms with van der Waals surface area (Å²) in [5, 5.41) is 39.7. The Morgan fingerprint density at radius 2 is 1.64 bits per heavy atom. The van der Waals surface area contributed by atoms with Crippen LogP contribution in [0.15, 0.2) is 18.2 Å². The summed E-state index contributed by atoms with van der Waals surface area (Å²) in [5.41, 5.74) is -0.484. The second-order valence-corrected chi connectivity index (χ2v) is 5.98. The van der Waals surface area contributed by atoms with Gasteiger partial charge in [-0.05, 0) is 32.0 Å². The van der Waals surface area contributed by atoms with Crippen LogP contribution in [0.1, 0.15) is 30.6 Å². The van der Waals surface area contributed by atoms with Crippen LogP contribution in [-0.4, -0.2) is 37.9 Å². The first-order valence-electron chi connectivity index (χ1n) is 6.83. The van der Waals surface area contributed by atoms with Gasteiger partial charge in [0.25, 0.3) is 0 Å². The van der Waals surface area contributed by atoms with Crippen molar-refractivity contribution in [2.24, 2.45) is 0 Å². The fraction of sp³-hybridized carbons (Fsp3) is 0.312. The molecule has 0 bridgehead atoms. The first-order chi connectivity index (χ1) is 10.2. The van der Waals surface area contributed by atoms with E-state index in [1.807, 2.05) is 13.8 Å². The Balaban J connectivity index is 2.10. The van der Waals surface area contributed by atoms with Crippen LogP contribution in [0, 0.1) is 0 Å². The monoisotopic (exact) mass is 304 g/mol. The van der Waals surface area contributed by atoms with Gasteiger partial charge in [0.1, 0.15) is 23.0 Å². The number of phenols is 4. The molecule has 1 aliphatic rings. The summed E-state index contributed by atoms with van der Waals surface area (Å²) in [6.45, 7) is 3.71. The van der Waals surface area contributed by atoms with Crippen LogP contribution >= 0.6 is 0 Å². The Bertz CT molecular complexity index is 793. The van der Waals surface area contributed by atoms with Crippen LogP contribution in [0.3, 0.4) is 0 Å². The van der Waals surface area contributed by atoms with Crippen molar-refractivity contribution in [1.82, 2.24) is 0 Å². The van der Waals surface area contributed by atoms with E-state index in [1.54, 1.807) is 0 Å². The minimum Gasteiger partial charge on any atom is -0.507 e. The van der Waals surface area contributed by atoms with Gasteiger partial charge in [-0.3, -0.25) is 4.79 Å². The molecule has 22 heavy (non-hydrogen) atoms. The molecule has 6 heteroatoms. The molecule has 1 saturated heterocycles. The van der Waals surface area contributed by atoms with Gasteiger partial charge in [0.15, 0.2) is 5.78 Å². The maximum atomic E-state index is 12.3. The summed E-state index contributed by atoms with van der Waals surface area (Å²) < 4.78 is 5.34. The maximum absolute atomic E-state index is 12.3. The molecule has 0 amide bonds. The average molecular weight is 304 g/mol. The standard InChI is InChI=1S/C16H16O6/c1-16(2)12(22-16)6-10(19)7-5-11(20)13-8(17)3-4-9(18)14(13)15(7)21/h3-5,12,17-18,20-21H,6H2,1-2H3/t12-/m0/s1. The fourth-order valence-corrected chi connectivity index (χ4v) is 2.60. The largest absolute Gasteiger partial charge is 0.507 e. The van der Waals surface area contributed by atoms with Crippen molar-refractivity contribution < 1.29 is 30.0 Å². The number of rotatable bonds is 3.